The highest BCUT2D eigenvalue weighted by Crippen LogP contribution is 2.41. The van der Waals surface area contributed by atoms with E-state index in [1.54, 1.807) is 6.92 Å². The van der Waals surface area contributed by atoms with Crippen LogP contribution in [0.1, 0.15) is 51.1 Å². The van der Waals surface area contributed by atoms with Crippen molar-refractivity contribution in [1.29, 1.82) is 0 Å². The van der Waals surface area contributed by atoms with E-state index in [-0.39, 0.29) is 24.0 Å². The molecular formula is C20H29NO7. The summed E-state index contributed by atoms with van der Waals surface area (Å²) in [6.45, 7) is 6.25. The zero-order valence-corrected chi connectivity index (χ0v) is 16.9. The van der Waals surface area contributed by atoms with Gasteiger partial charge in [0, 0.05) is 31.1 Å². The fourth-order valence-electron chi connectivity index (χ4n) is 3.59. The second kappa shape index (κ2) is 9.23. The summed E-state index contributed by atoms with van der Waals surface area (Å²) in [6, 6.07) is 0.453. The predicted octanol–water partition coefficient (Wildman–Crippen LogP) is 1.80. The van der Waals surface area contributed by atoms with Crippen molar-refractivity contribution in [2.45, 2.75) is 57.9 Å². The Morgan fingerprint density at radius 1 is 1.32 bits per heavy atom. The van der Waals surface area contributed by atoms with Gasteiger partial charge in [0.25, 0.3) is 0 Å². The van der Waals surface area contributed by atoms with Crippen molar-refractivity contribution in [3.8, 4) is 5.75 Å². The summed E-state index contributed by atoms with van der Waals surface area (Å²) >= 11 is 0. The lowest BCUT2D eigenvalue weighted by atomic mass is 9.74. The summed E-state index contributed by atoms with van der Waals surface area (Å²) in [7, 11) is 1.28. The molecule has 0 saturated carbocycles. The van der Waals surface area contributed by atoms with Gasteiger partial charge in [-0.05, 0) is 32.1 Å². The fraction of sp³-hybridized carbons (Fsp3) is 0.650. The van der Waals surface area contributed by atoms with Crippen molar-refractivity contribution >= 4 is 11.9 Å². The van der Waals surface area contributed by atoms with E-state index in [4.69, 9.17) is 13.9 Å². The Hall–Kier alpha value is -2.35. The van der Waals surface area contributed by atoms with Gasteiger partial charge < -0.3 is 24.3 Å². The van der Waals surface area contributed by atoms with Crippen molar-refractivity contribution < 1.29 is 28.6 Å². The van der Waals surface area contributed by atoms with Gasteiger partial charge in [-0.2, -0.15) is 0 Å². The Morgan fingerprint density at radius 2 is 1.96 bits per heavy atom. The molecule has 1 aromatic heterocycles. The highest BCUT2D eigenvalue weighted by atomic mass is 16.5. The van der Waals surface area contributed by atoms with Gasteiger partial charge in [0.05, 0.1) is 7.11 Å². The molecule has 1 saturated heterocycles. The molecule has 2 N–H and O–H groups in total. The molecule has 28 heavy (non-hydrogen) atoms. The first-order valence-corrected chi connectivity index (χ1v) is 9.47. The third-order valence-electron chi connectivity index (χ3n) is 5.00. The van der Waals surface area contributed by atoms with E-state index >= 15 is 0 Å². The van der Waals surface area contributed by atoms with Gasteiger partial charge >= 0.3 is 5.97 Å². The van der Waals surface area contributed by atoms with Crippen LogP contribution in [-0.4, -0.2) is 43.3 Å². The predicted molar refractivity (Wildman–Crippen MR) is 101 cm³/mol. The molecule has 0 aromatic carbocycles. The molecule has 0 unspecified atom stereocenters. The Balaban J connectivity index is 2.30. The van der Waals surface area contributed by atoms with Gasteiger partial charge in [0.1, 0.15) is 11.8 Å². The number of carbonyl (C=O) groups excluding carboxylic acids is 2. The van der Waals surface area contributed by atoms with Crippen molar-refractivity contribution in [2.75, 3.05) is 20.3 Å². The number of aromatic hydroxyl groups is 1. The maximum absolute atomic E-state index is 12.8. The van der Waals surface area contributed by atoms with E-state index in [1.807, 2.05) is 13.8 Å². The Morgan fingerprint density at radius 3 is 2.54 bits per heavy atom. The molecule has 1 aliphatic rings. The number of rotatable bonds is 7. The van der Waals surface area contributed by atoms with E-state index in [9.17, 15) is 19.5 Å². The summed E-state index contributed by atoms with van der Waals surface area (Å²) in [6.07, 6.45) is 1.22. The van der Waals surface area contributed by atoms with Crippen LogP contribution in [0.4, 0.5) is 0 Å². The standard InChI is InChI=1S/C20H29NO7/c1-12(2)9-14(19(25)26-4)21-16(23)11-20(5-7-27-8-6-20)18-17(24)15(22)10-13(3)28-18/h10,12,14,24H,5-9,11H2,1-4H3,(H,21,23)/t14-/m0/s1. The van der Waals surface area contributed by atoms with Crippen molar-refractivity contribution in [1.82, 2.24) is 5.32 Å². The van der Waals surface area contributed by atoms with Gasteiger partial charge in [-0.1, -0.05) is 13.8 Å². The molecule has 0 spiro atoms. The monoisotopic (exact) mass is 395 g/mol. The number of esters is 1. The molecule has 0 radical (unpaired) electrons. The van der Waals surface area contributed by atoms with Crippen LogP contribution in [0.15, 0.2) is 15.3 Å². The topological polar surface area (TPSA) is 115 Å². The minimum absolute atomic E-state index is 0.0398. The average Bonchev–Trinajstić information content (AvgIpc) is 2.63. The number of carbonyl (C=O) groups is 2. The van der Waals surface area contributed by atoms with E-state index < -0.39 is 28.6 Å². The van der Waals surface area contributed by atoms with Crippen LogP contribution in [0.3, 0.4) is 0 Å². The summed E-state index contributed by atoms with van der Waals surface area (Å²) in [4.78, 5) is 36.9. The van der Waals surface area contributed by atoms with E-state index in [1.165, 1.54) is 13.2 Å². The van der Waals surface area contributed by atoms with Crippen LogP contribution in [0.2, 0.25) is 0 Å². The molecule has 1 aromatic rings. The molecule has 0 bridgehead atoms. The molecule has 0 aliphatic carbocycles. The van der Waals surface area contributed by atoms with Crippen molar-refractivity contribution in [3.63, 3.8) is 0 Å². The third kappa shape index (κ3) is 5.13. The molecule has 1 aliphatic heterocycles. The van der Waals surface area contributed by atoms with E-state index in [0.29, 0.717) is 38.2 Å². The number of amides is 1. The Labute approximate surface area is 164 Å². The largest absolute Gasteiger partial charge is 0.502 e. The first kappa shape index (κ1) is 21.9. The summed E-state index contributed by atoms with van der Waals surface area (Å²) in [5.41, 5.74) is -1.42. The van der Waals surface area contributed by atoms with Crippen LogP contribution < -0.4 is 10.7 Å². The fourth-order valence-corrected chi connectivity index (χ4v) is 3.59. The number of hydrogen-bond acceptors (Lipinski definition) is 7. The normalized spacial score (nSPS) is 17.2. The second-order valence-electron chi connectivity index (χ2n) is 7.74. The van der Waals surface area contributed by atoms with Gasteiger partial charge in [0.15, 0.2) is 5.76 Å². The molecule has 8 heteroatoms. The molecule has 8 nitrogen and oxygen atoms in total. The number of aryl methyl sites for hydroxylation is 1. The molecular weight excluding hydrogens is 366 g/mol. The number of methoxy groups -OCH3 is 1. The van der Waals surface area contributed by atoms with Gasteiger partial charge in [0.2, 0.25) is 17.1 Å². The molecule has 2 heterocycles. The molecule has 1 fully saturated rings. The van der Waals surface area contributed by atoms with Gasteiger partial charge in [-0.15, -0.1) is 0 Å². The Bertz CT molecular complexity index is 762. The lowest BCUT2D eigenvalue weighted by molar-refractivity contribution is -0.145. The van der Waals surface area contributed by atoms with Crippen molar-refractivity contribution in [2.24, 2.45) is 5.92 Å². The third-order valence-corrected chi connectivity index (χ3v) is 5.00. The molecule has 2 rings (SSSR count). The number of nitrogens with one attached hydrogen (secondary N) is 1. The highest BCUT2D eigenvalue weighted by Gasteiger charge is 2.42. The lowest BCUT2D eigenvalue weighted by Gasteiger charge is -2.36. The van der Waals surface area contributed by atoms with Crippen LogP contribution >= 0.6 is 0 Å². The van der Waals surface area contributed by atoms with Crippen LogP contribution in [0.25, 0.3) is 0 Å². The minimum atomic E-state index is -0.879. The van der Waals surface area contributed by atoms with E-state index in [0.717, 1.165) is 0 Å². The zero-order chi connectivity index (χ0) is 20.9. The SMILES string of the molecule is COC(=O)[C@H](CC(C)C)NC(=O)CC1(c2oc(C)cc(=O)c2O)CCOCC1. The first-order valence-electron chi connectivity index (χ1n) is 9.47. The van der Waals surface area contributed by atoms with Gasteiger partial charge in [-0.25, -0.2) is 4.79 Å². The van der Waals surface area contributed by atoms with Crippen LogP contribution in [0.5, 0.6) is 5.75 Å². The minimum Gasteiger partial charge on any atom is -0.502 e. The summed E-state index contributed by atoms with van der Waals surface area (Å²) < 4.78 is 15.9. The van der Waals surface area contributed by atoms with Crippen LogP contribution in [-0.2, 0) is 24.5 Å². The average molecular weight is 395 g/mol. The molecule has 1 atom stereocenters. The Kier molecular flexibility index (Phi) is 7.23. The highest BCUT2D eigenvalue weighted by molar-refractivity contribution is 5.85. The van der Waals surface area contributed by atoms with Gasteiger partial charge in [-0.3, -0.25) is 9.59 Å². The molecule has 1 amide bonds. The summed E-state index contributed by atoms with van der Waals surface area (Å²) in [5.74, 6) is -0.715. The van der Waals surface area contributed by atoms with Crippen LogP contribution in [0, 0.1) is 12.8 Å². The first-order chi connectivity index (χ1) is 13.2. The molecule has 156 valence electrons. The summed E-state index contributed by atoms with van der Waals surface area (Å²) in [5, 5.41) is 13.1. The number of hydrogen-bond donors (Lipinski definition) is 2. The lowest BCUT2D eigenvalue weighted by Crippen LogP contribution is -2.46. The smallest absolute Gasteiger partial charge is 0.328 e. The van der Waals surface area contributed by atoms with E-state index in [2.05, 4.69) is 5.32 Å². The second-order valence-corrected chi connectivity index (χ2v) is 7.74. The van der Waals surface area contributed by atoms with Crippen molar-refractivity contribution in [3.05, 3.63) is 27.8 Å². The maximum Gasteiger partial charge on any atom is 0.328 e. The zero-order valence-electron chi connectivity index (χ0n) is 16.9. The quantitative estimate of drug-likeness (QED) is 0.676. The number of ether oxygens (including phenoxy) is 2. The maximum atomic E-state index is 12.8.